The Kier molecular flexibility index (Phi) is 4.74. The van der Waals surface area contributed by atoms with Crippen molar-refractivity contribution in [3.05, 3.63) is 71.4 Å². The molecule has 0 aliphatic carbocycles. The van der Waals surface area contributed by atoms with E-state index in [1.165, 1.54) is 11.3 Å². The maximum absolute atomic E-state index is 12.9. The van der Waals surface area contributed by atoms with Crippen LogP contribution in [0.2, 0.25) is 0 Å². The number of nitrogens with one attached hydrogen (secondary N) is 1. The second kappa shape index (κ2) is 7.21. The van der Waals surface area contributed by atoms with Gasteiger partial charge in [0.05, 0.1) is 5.75 Å². The molecule has 4 aromatic rings. The first-order valence-electron chi connectivity index (χ1n) is 8.40. The van der Waals surface area contributed by atoms with Crippen molar-refractivity contribution in [2.75, 3.05) is 11.6 Å². The summed E-state index contributed by atoms with van der Waals surface area (Å²) in [7, 11) is -3.35. The zero-order valence-electron chi connectivity index (χ0n) is 14.9. The average molecular weight is 412 g/mol. The Bertz CT molecular complexity index is 1260. The first-order valence-corrected chi connectivity index (χ1v) is 11.3. The molecule has 2 heterocycles. The molecule has 0 aliphatic rings. The van der Waals surface area contributed by atoms with Crippen LogP contribution in [-0.4, -0.2) is 25.6 Å². The van der Waals surface area contributed by atoms with E-state index in [9.17, 15) is 13.2 Å². The van der Waals surface area contributed by atoms with Gasteiger partial charge in [-0.1, -0.05) is 30.3 Å². The van der Waals surface area contributed by atoms with Crippen molar-refractivity contribution in [1.29, 1.82) is 0 Å². The third kappa shape index (κ3) is 3.83. The molecule has 0 radical (unpaired) electrons. The summed E-state index contributed by atoms with van der Waals surface area (Å²) in [4.78, 5) is 17.1. The quantitative estimate of drug-likeness (QED) is 0.526. The fraction of sp³-hybridized carbons (Fsp3) is 0.100. The molecule has 0 fully saturated rings. The highest BCUT2D eigenvalue weighted by atomic mass is 32.2. The van der Waals surface area contributed by atoms with Crippen LogP contribution in [0.4, 0.5) is 5.69 Å². The van der Waals surface area contributed by atoms with E-state index in [4.69, 9.17) is 4.42 Å². The number of hydrogen-bond donors (Lipinski definition) is 1. The topological polar surface area (TPSA) is 89.3 Å². The standard InChI is InChI=1S/C20H16N2O4S2/c1-28(24,25)12-16-15-7-2-3-8-17(15)26-18(16)19(23)22-14-6-4-5-13(11-14)20-21-9-10-27-20/h2-11H,12H2,1H3,(H,22,23). The average Bonchev–Trinajstić information content (AvgIpc) is 3.30. The summed E-state index contributed by atoms with van der Waals surface area (Å²) in [6.45, 7) is 0. The second-order valence-corrected chi connectivity index (χ2v) is 9.38. The van der Waals surface area contributed by atoms with Crippen molar-refractivity contribution in [2.45, 2.75) is 5.75 Å². The molecule has 2 aromatic carbocycles. The number of carbonyl (C=O) groups is 1. The highest BCUT2D eigenvalue weighted by Crippen LogP contribution is 2.29. The number of aromatic nitrogens is 1. The minimum Gasteiger partial charge on any atom is -0.451 e. The van der Waals surface area contributed by atoms with Crippen LogP contribution < -0.4 is 5.32 Å². The lowest BCUT2D eigenvalue weighted by atomic mass is 10.1. The van der Waals surface area contributed by atoms with Gasteiger partial charge in [-0.3, -0.25) is 4.79 Å². The highest BCUT2D eigenvalue weighted by molar-refractivity contribution is 7.89. The fourth-order valence-electron chi connectivity index (χ4n) is 2.97. The number of nitrogens with zero attached hydrogens (tertiary/aromatic N) is 1. The number of thiazole rings is 1. The number of rotatable bonds is 5. The van der Waals surface area contributed by atoms with E-state index in [2.05, 4.69) is 10.3 Å². The molecule has 0 saturated carbocycles. The van der Waals surface area contributed by atoms with Crippen LogP contribution in [0.5, 0.6) is 0 Å². The summed E-state index contributed by atoms with van der Waals surface area (Å²) in [5, 5.41) is 6.14. The molecule has 6 nitrogen and oxygen atoms in total. The molecule has 142 valence electrons. The van der Waals surface area contributed by atoms with Crippen molar-refractivity contribution >= 4 is 43.7 Å². The molecule has 0 unspecified atom stereocenters. The summed E-state index contributed by atoms with van der Waals surface area (Å²) in [5.41, 5.74) is 2.30. The lowest BCUT2D eigenvalue weighted by Gasteiger charge is -2.06. The summed E-state index contributed by atoms with van der Waals surface area (Å²) >= 11 is 1.50. The first kappa shape index (κ1) is 18.4. The Labute approximate surface area is 165 Å². The van der Waals surface area contributed by atoms with Crippen LogP contribution in [0.15, 0.2) is 64.5 Å². The lowest BCUT2D eigenvalue weighted by molar-refractivity contribution is 0.0998. The van der Waals surface area contributed by atoms with Gasteiger partial charge in [0, 0.05) is 40.0 Å². The number of benzene rings is 2. The highest BCUT2D eigenvalue weighted by Gasteiger charge is 2.23. The number of carbonyl (C=O) groups excluding carboxylic acids is 1. The molecule has 1 amide bonds. The zero-order chi connectivity index (χ0) is 19.7. The van der Waals surface area contributed by atoms with E-state index in [1.54, 1.807) is 36.5 Å². The third-order valence-corrected chi connectivity index (χ3v) is 5.75. The molecule has 0 saturated heterocycles. The van der Waals surface area contributed by atoms with Crippen LogP contribution in [0, 0.1) is 0 Å². The zero-order valence-corrected chi connectivity index (χ0v) is 16.5. The van der Waals surface area contributed by atoms with Gasteiger partial charge >= 0.3 is 0 Å². The molecule has 0 atom stereocenters. The van der Waals surface area contributed by atoms with Crippen LogP contribution in [0.1, 0.15) is 16.1 Å². The Hall–Kier alpha value is -2.97. The summed E-state index contributed by atoms with van der Waals surface area (Å²) in [6.07, 6.45) is 2.85. The second-order valence-electron chi connectivity index (χ2n) is 6.35. The first-order chi connectivity index (χ1) is 13.4. The van der Waals surface area contributed by atoms with Gasteiger partial charge in [0.25, 0.3) is 5.91 Å². The molecular formula is C20H16N2O4S2. The SMILES string of the molecule is CS(=O)(=O)Cc1c(C(=O)Nc2cccc(-c3nccs3)c2)oc2ccccc12. The smallest absolute Gasteiger partial charge is 0.291 e. The van der Waals surface area contributed by atoms with Gasteiger partial charge in [-0.25, -0.2) is 13.4 Å². The number of furan rings is 1. The number of anilines is 1. The molecule has 4 rings (SSSR count). The van der Waals surface area contributed by atoms with E-state index in [1.807, 2.05) is 23.6 Å². The minimum absolute atomic E-state index is 0.00581. The van der Waals surface area contributed by atoms with Crippen LogP contribution in [-0.2, 0) is 15.6 Å². The van der Waals surface area contributed by atoms with Crippen molar-refractivity contribution in [1.82, 2.24) is 4.98 Å². The van der Waals surface area contributed by atoms with Gasteiger partial charge in [0.15, 0.2) is 15.6 Å². The van der Waals surface area contributed by atoms with Gasteiger partial charge in [-0.2, -0.15) is 0 Å². The fourth-order valence-corrected chi connectivity index (χ4v) is 4.42. The summed E-state index contributed by atoms with van der Waals surface area (Å²) in [5.74, 6) is -0.760. The van der Waals surface area contributed by atoms with Gasteiger partial charge < -0.3 is 9.73 Å². The summed E-state index contributed by atoms with van der Waals surface area (Å²) in [6, 6.07) is 14.3. The Balaban J connectivity index is 1.70. The van der Waals surface area contributed by atoms with E-state index < -0.39 is 15.7 Å². The van der Waals surface area contributed by atoms with Crippen molar-refractivity contribution in [3.8, 4) is 10.6 Å². The monoisotopic (exact) mass is 412 g/mol. The number of para-hydroxylation sites is 1. The molecule has 2 aromatic heterocycles. The van der Waals surface area contributed by atoms with E-state index in [-0.39, 0.29) is 11.5 Å². The Morgan fingerprint density at radius 1 is 1.18 bits per heavy atom. The van der Waals surface area contributed by atoms with Crippen molar-refractivity contribution in [2.24, 2.45) is 0 Å². The van der Waals surface area contributed by atoms with Crippen molar-refractivity contribution in [3.63, 3.8) is 0 Å². The number of amides is 1. The number of sulfone groups is 1. The molecule has 0 aliphatic heterocycles. The number of fused-ring (bicyclic) bond motifs is 1. The normalized spacial score (nSPS) is 11.6. The van der Waals surface area contributed by atoms with Crippen LogP contribution >= 0.6 is 11.3 Å². The predicted octanol–water partition coefficient (Wildman–Crippen LogP) is 4.35. The van der Waals surface area contributed by atoms with Crippen molar-refractivity contribution < 1.29 is 17.6 Å². The maximum atomic E-state index is 12.9. The van der Waals surface area contributed by atoms with E-state index in [0.29, 0.717) is 22.2 Å². The van der Waals surface area contributed by atoms with Gasteiger partial charge in [-0.05, 0) is 18.2 Å². The predicted molar refractivity (Wildman–Crippen MR) is 110 cm³/mol. The van der Waals surface area contributed by atoms with Crippen LogP contribution in [0.25, 0.3) is 21.5 Å². The largest absolute Gasteiger partial charge is 0.451 e. The van der Waals surface area contributed by atoms with Crippen LogP contribution in [0.3, 0.4) is 0 Å². The molecule has 0 spiro atoms. The Morgan fingerprint density at radius 2 is 2.00 bits per heavy atom. The minimum atomic E-state index is -3.35. The summed E-state index contributed by atoms with van der Waals surface area (Å²) < 4.78 is 29.4. The molecule has 1 N–H and O–H groups in total. The third-order valence-electron chi connectivity index (χ3n) is 4.11. The Morgan fingerprint density at radius 3 is 2.75 bits per heavy atom. The molecule has 0 bridgehead atoms. The van der Waals surface area contributed by atoms with E-state index in [0.717, 1.165) is 16.8 Å². The van der Waals surface area contributed by atoms with Gasteiger partial charge in [-0.15, -0.1) is 11.3 Å². The van der Waals surface area contributed by atoms with E-state index >= 15 is 0 Å². The van der Waals surface area contributed by atoms with Gasteiger partial charge in [0.2, 0.25) is 0 Å². The van der Waals surface area contributed by atoms with Gasteiger partial charge in [0.1, 0.15) is 10.6 Å². The molecule has 8 heteroatoms. The molecule has 28 heavy (non-hydrogen) atoms. The number of hydrogen-bond acceptors (Lipinski definition) is 6. The maximum Gasteiger partial charge on any atom is 0.291 e. The lowest BCUT2D eigenvalue weighted by Crippen LogP contribution is -2.14. The molecular weight excluding hydrogens is 396 g/mol.